The van der Waals surface area contributed by atoms with E-state index in [1.807, 2.05) is 53.0 Å². The van der Waals surface area contributed by atoms with Crippen LogP contribution in [0.5, 0.6) is 0 Å². The molecule has 1 saturated heterocycles. The third-order valence-electron chi connectivity index (χ3n) is 6.58. The second-order valence-corrected chi connectivity index (χ2v) is 9.00. The van der Waals surface area contributed by atoms with Crippen LogP contribution in [0.1, 0.15) is 47.2 Å². The molecule has 3 aromatic heterocycles. The second kappa shape index (κ2) is 7.81. The minimum absolute atomic E-state index is 0.0825. The minimum atomic E-state index is -0.153. The summed E-state index contributed by atoms with van der Waals surface area (Å²) in [5.74, 6) is 0.660. The Morgan fingerprint density at radius 2 is 2.00 bits per heavy atom. The van der Waals surface area contributed by atoms with Crippen molar-refractivity contribution in [2.24, 2.45) is 7.05 Å². The van der Waals surface area contributed by atoms with E-state index < -0.39 is 0 Å². The van der Waals surface area contributed by atoms with E-state index >= 15 is 0 Å². The first-order valence-corrected chi connectivity index (χ1v) is 11.5. The Hall–Kier alpha value is -3.52. The fourth-order valence-corrected chi connectivity index (χ4v) is 5.41. The number of hydrogen-bond acceptors (Lipinski definition) is 5. The molecular weight excluding hydrogens is 438 g/mol. The summed E-state index contributed by atoms with van der Waals surface area (Å²) in [5, 5.41) is 10.0. The molecule has 0 N–H and O–H groups in total. The molecule has 1 fully saturated rings. The van der Waals surface area contributed by atoms with Crippen molar-refractivity contribution in [3.8, 4) is 17.1 Å². The van der Waals surface area contributed by atoms with Crippen molar-refractivity contribution in [1.82, 2.24) is 34.4 Å². The SMILES string of the molecule is Cn1nc2c(c1-c1cccc(Cl)c1)C[C@H]1CCC[C@@H]2N1C(=O)c1ncn(-c2ccccn2)n1. The first-order chi connectivity index (χ1) is 16.1. The molecule has 2 atom stereocenters. The lowest BCUT2D eigenvalue weighted by Crippen LogP contribution is -2.50. The lowest BCUT2D eigenvalue weighted by atomic mass is 9.81. The second-order valence-electron chi connectivity index (χ2n) is 8.56. The van der Waals surface area contributed by atoms with E-state index in [2.05, 4.69) is 21.1 Å². The van der Waals surface area contributed by atoms with Gasteiger partial charge in [0.1, 0.15) is 6.33 Å². The number of pyridine rings is 1. The average molecular weight is 460 g/mol. The van der Waals surface area contributed by atoms with Gasteiger partial charge in [0.2, 0.25) is 5.82 Å². The highest BCUT2D eigenvalue weighted by atomic mass is 35.5. The van der Waals surface area contributed by atoms with Crippen LogP contribution in [-0.4, -0.2) is 46.4 Å². The van der Waals surface area contributed by atoms with E-state index in [-0.39, 0.29) is 23.8 Å². The molecule has 2 bridgehead atoms. The Kier molecular flexibility index (Phi) is 4.76. The lowest BCUT2D eigenvalue weighted by molar-refractivity contribution is 0.0379. The third kappa shape index (κ3) is 3.33. The van der Waals surface area contributed by atoms with Crippen LogP contribution in [0.15, 0.2) is 55.0 Å². The van der Waals surface area contributed by atoms with Gasteiger partial charge in [-0.05, 0) is 49.9 Å². The van der Waals surface area contributed by atoms with Crippen LogP contribution in [0.4, 0.5) is 0 Å². The number of halogens is 1. The zero-order chi connectivity index (χ0) is 22.5. The number of carbonyl (C=O) groups is 1. The number of carbonyl (C=O) groups excluding carboxylic acids is 1. The fraction of sp³-hybridized carbons (Fsp3) is 0.292. The number of aryl methyl sites for hydroxylation is 1. The van der Waals surface area contributed by atoms with Gasteiger partial charge in [-0.25, -0.2) is 14.6 Å². The van der Waals surface area contributed by atoms with E-state index in [4.69, 9.17) is 16.7 Å². The molecule has 0 unspecified atom stereocenters. The maximum atomic E-state index is 13.6. The summed E-state index contributed by atoms with van der Waals surface area (Å²) in [6.45, 7) is 0. The number of piperidine rings is 1. The monoisotopic (exact) mass is 459 g/mol. The molecule has 0 spiro atoms. The quantitative estimate of drug-likeness (QED) is 0.462. The van der Waals surface area contributed by atoms with Gasteiger partial charge in [0.15, 0.2) is 5.82 Å². The summed E-state index contributed by atoms with van der Waals surface area (Å²) in [6, 6.07) is 13.4. The summed E-state index contributed by atoms with van der Waals surface area (Å²) in [6.07, 6.45) is 6.88. The summed E-state index contributed by atoms with van der Waals surface area (Å²) < 4.78 is 3.46. The molecule has 1 aromatic carbocycles. The van der Waals surface area contributed by atoms with Crippen LogP contribution in [0.3, 0.4) is 0 Å². The van der Waals surface area contributed by atoms with Crippen LogP contribution in [0.2, 0.25) is 5.02 Å². The van der Waals surface area contributed by atoms with Gasteiger partial charge in [0.25, 0.3) is 5.91 Å². The molecule has 6 rings (SSSR count). The molecule has 2 aliphatic rings. The number of benzene rings is 1. The lowest BCUT2D eigenvalue weighted by Gasteiger charge is -2.44. The molecule has 1 amide bonds. The maximum absolute atomic E-state index is 13.6. The highest BCUT2D eigenvalue weighted by Gasteiger charge is 2.44. The van der Waals surface area contributed by atoms with Gasteiger partial charge >= 0.3 is 0 Å². The number of amides is 1. The first-order valence-electron chi connectivity index (χ1n) is 11.1. The van der Waals surface area contributed by atoms with Crippen molar-refractivity contribution in [3.63, 3.8) is 0 Å². The summed E-state index contributed by atoms with van der Waals surface area (Å²) in [5.41, 5.74) is 4.31. The summed E-state index contributed by atoms with van der Waals surface area (Å²) in [7, 11) is 1.96. The molecule has 4 aromatic rings. The first kappa shape index (κ1) is 20.1. The Balaban J connectivity index is 1.37. The molecule has 0 aliphatic carbocycles. The molecule has 8 nitrogen and oxygen atoms in total. The number of fused-ring (bicyclic) bond motifs is 4. The standard InChI is InChI=1S/C24H22ClN7O/c1-30-22(15-6-4-7-16(25)12-15)18-13-17-8-5-9-19(21(18)28-30)32(17)24(33)23-27-14-31(29-23)20-10-2-3-11-26-20/h2-4,6-7,10-12,14,17,19H,5,8-9,13H2,1H3/t17-,19+/m1/s1. The van der Waals surface area contributed by atoms with Crippen LogP contribution < -0.4 is 0 Å². The van der Waals surface area contributed by atoms with Crippen molar-refractivity contribution in [3.05, 3.63) is 77.1 Å². The zero-order valence-electron chi connectivity index (χ0n) is 18.1. The third-order valence-corrected chi connectivity index (χ3v) is 6.81. The number of rotatable bonds is 3. The Morgan fingerprint density at radius 3 is 2.82 bits per heavy atom. The van der Waals surface area contributed by atoms with Crippen LogP contribution in [0.25, 0.3) is 17.1 Å². The molecule has 166 valence electrons. The van der Waals surface area contributed by atoms with Gasteiger partial charge in [-0.15, -0.1) is 5.10 Å². The van der Waals surface area contributed by atoms with Crippen molar-refractivity contribution in [1.29, 1.82) is 0 Å². The van der Waals surface area contributed by atoms with E-state index in [9.17, 15) is 4.79 Å². The molecule has 5 heterocycles. The van der Waals surface area contributed by atoms with Gasteiger partial charge < -0.3 is 4.90 Å². The number of hydrogen-bond donors (Lipinski definition) is 0. The molecule has 9 heteroatoms. The minimum Gasteiger partial charge on any atom is -0.324 e. The van der Waals surface area contributed by atoms with Gasteiger partial charge in [0, 0.05) is 35.4 Å². The molecule has 33 heavy (non-hydrogen) atoms. The molecule has 2 aliphatic heterocycles. The molecule has 0 saturated carbocycles. The van der Waals surface area contributed by atoms with Crippen molar-refractivity contribution < 1.29 is 4.79 Å². The van der Waals surface area contributed by atoms with E-state index in [1.54, 1.807) is 12.5 Å². The van der Waals surface area contributed by atoms with Gasteiger partial charge in [-0.1, -0.05) is 29.8 Å². The Labute approximate surface area is 195 Å². The Bertz CT molecular complexity index is 1350. The van der Waals surface area contributed by atoms with Crippen LogP contribution in [-0.2, 0) is 13.5 Å². The smallest absolute Gasteiger partial charge is 0.294 e. The fourth-order valence-electron chi connectivity index (χ4n) is 5.22. The largest absolute Gasteiger partial charge is 0.324 e. The topological polar surface area (TPSA) is 81.7 Å². The highest BCUT2D eigenvalue weighted by Crippen LogP contribution is 2.45. The maximum Gasteiger partial charge on any atom is 0.294 e. The zero-order valence-corrected chi connectivity index (χ0v) is 18.9. The molecular formula is C24H22ClN7O. The average Bonchev–Trinajstić information content (AvgIpc) is 3.44. The van der Waals surface area contributed by atoms with E-state index in [0.29, 0.717) is 10.8 Å². The van der Waals surface area contributed by atoms with Crippen LogP contribution in [0, 0.1) is 0 Å². The number of aromatic nitrogens is 6. The van der Waals surface area contributed by atoms with Crippen molar-refractivity contribution in [2.45, 2.75) is 37.8 Å². The summed E-state index contributed by atoms with van der Waals surface area (Å²) >= 11 is 6.27. The van der Waals surface area contributed by atoms with Crippen molar-refractivity contribution in [2.75, 3.05) is 0 Å². The van der Waals surface area contributed by atoms with Gasteiger partial charge in [0.05, 0.1) is 17.4 Å². The predicted molar refractivity (Wildman–Crippen MR) is 123 cm³/mol. The number of nitrogens with zero attached hydrogens (tertiary/aromatic N) is 7. The Morgan fingerprint density at radius 1 is 1.09 bits per heavy atom. The van der Waals surface area contributed by atoms with Crippen molar-refractivity contribution >= 4 is 17.5 Å². The normalized spacial score (nSPS) is 19.4. The summed E-state index contributed by atoms with van der Waals surface area (Å²) in [4.78, 5) is 24.1. The molecule has 0 radical (unpaired) electrons. The van der Waals surface area contributed by atoms with Crippen LogP contribution >= 0.6 is 11.6 Å². The highest BCUT2D eigenvalue weighted by molar-refractivity contribution is 6.30. The van der Waals surface area contributed by atoms with E-state index in [0.717, 1.165) is 42.6 Å². The van der Waals surface area contributed by atoms with Gasteiger partial charge in [-0.3, -0.25) is 9.48 Å². The predicted octanol–water partition coefficient (Wildman–Crippen LogP) is 4.01. The van der Waals surface area contributed by atoms with E-state index in [1.165, 1.54) is 10.2 Å². The van der Waals surface area contributed by atoms with Gasteiger partial charge in [-0.2, -0.15) is 5.10 Å².